The number of carbonyl (C=O) groups excluding carboxylic acids is 2. The van der Waals surface area contributed by atoms with Crippen molar-refractivity contribution in [3.63, 3.8) is 0 Å². The minimum Gasteiger partial charge on any atom is -0.469 e. The van der Waals surface area contributed by atoms with E-state index in [-0.39, 0.29) is 12.3 Å². The van der Waals surface area contributed by atoms with Crippen LogP contribution in [0.2, 0.25) is 0 Å². The third-order valence-corrected chi connectivity index (χ3v) is 3.60. The maximum atomic E-state index is 12.7. The quantitative estimate of drug-likeness (QED) is 0.820. The Kier molecular flexibility index (Phi) is 6.44. The highest BCUT2D eigenvalue weighted by Crippen LogP contribution is 2.13. The van der Waals surface area contributed by atoms with E-state index in [1.807, 2.05) is 31.2 Å². The summed E-state index contributed by atoms with van der Waals surface area (Å²) in [4.78, 5) is 24.8. The fourth-order valence-corrected chi connectivity index (χ4v) is 2.39. The molecule has 2 aromatic rings. The zero-order chi connectivity index (χ0) is 19.2. The van der Waals surface area contributed by atoms with Crippen molar-refractivity contribution in [1.29, 1.82) is 0 Å². The van der Waals surface area contributed by atoms with E-state index in [4.69, 9.17) is 9.15 Å². The summed E-state index contributed by atoms with van der Waals surface area (Å²) in [7, 11) is 0. The number of alkyl carbamates (subject to hydrolysis) is 1. The van der Waals surface area contributed by atoms with E-state index in [1.54, 1.807) is 32.9 Å². The Balaban J connectivity index is 2.10. The highest BCUT2D eigenvalue weighted by atomic mass is 16.6. The van der Waals surface area contributed by atoms with Gasteiger partial charge in [-0.05, 0) is 57.0 Å². The van der Waals surface area contributed by atoms with E-state index < -0.39 is 17.7 Å². The Morgan fingerprint density at radius 3 is 2.58 bits per heavy atom. The number of ether oxygens (including phenoxy) is 1. The molecule has 1 heterocycles. The molecule has 0 saturated carbocycles. The maximum absolute atomic E-state index is 12.7. The summed E-state index contributed by atoms with van der Waals surface area (Å²) in [5.41, 5.74) is 1.15. The van der Waals surface area contributed by atoms with E-state index in [0.29, 0.717) is 11.4 Å². The third kappa shape index (κ3) is 6.27. The van der Waals surface area contributed by atoms with Gasteiger partial charge in [0.05, 0.1) is 6.26 Å². The first kappa shape index (κ1) is 19.6. The average Bonchev–Trinajstić information content (AvgIpc) is 3.05. The van der Waals surface area contributed by atoms with Crippen LogP contribution < -0.4 is 10.6 Å². The molecule has 1 atom stereocenters. The summed E-state index contributed by atoms with van der Waals surface area (Å²) >= 11 is 0. The molecule has 6 nitrogen and oxygen atoms in total. The number of furan rings is 1. The van der Waals surface area contributed by atoms with Crippen LogP contribution in [-0.4, -0.2) is 23.6 Å². The first-order valence-electron chi connectivity index (χ1n) is 8.68. The molecule has 1 unspecified atom stereocenters. The van der Waals surface area contributed by atoms with Crippen LogP contribution in [0.1, 0.15) is 39.0 Å². The molecule has 6 heteroatoms. The molecule has 2 N–H and O–H groups in total. The van der Waals surface area contributed by atoms with E-state index in [2.05, 4.69) is 10.6 Å². The molecule has 0 aliphatic heterocycles. The SMILES string of the molecule is CCc1cccc(NC(=O)C(Cc2ccco2)NC(=O)OC(C)(C)C)c1. The van der Waals surface area contributed by atoms with Crippen LogP contribution in [-0.2, 0) is 22.4 Å². The van der Waals surface area contributed by atoms with Crippen LogP contribution in [0.5, 0.6) is 0 Å². The van der Waals surface area contributed by atoms with E-state index in [9.17, 15) is 9.59 Å². The number of nitrogens with one attached hydrogen (secondary N) is 2. The fraction of sp³-hybridized carbons (Fsp3) is 0.400. The maximum Gasteiger partial charge on any atom is 0.408 e. The number of hydrogen-bond acceptors (Lipinski definition) is 4. The van der Waals surface area contributed by atoms with Gasteiger partial charge in [-0.1, -0.05) is 19.1 Å². The number of benzene rings is 1. The first-order chi connectivity index (χ1) is 12.3. The number of amides is 2. The Labute approximate surface area is 153 Å². The number of hydrogen-bond donors (Lipinski definition) is 2. The van der Waals surface area contributed by atoms with Crippen LogP contribution in [0.15, 0.2) is 47.1 Å². The van der Waals surface area contributed by atoms with Crippen LogP contribution >= 0.6 is 0 Å². The molecule has 0 fully saturated rings. The molecule has 1 aromatic heterocycles. The normalized spacial score (nSPS) is 12.3. The van der Waals surface area contributed by atoms with Gasteiger partial charge in [-0.3, -0.25) is 4.79 Å². The molecule has 0 aliphatic carbocycles. The van der Waals surface area contributed by atoms with Crippen LogP contribution in [0.25, 0.3) is 0 Å². The van der Waals surface area contributed by atoms with Crippen molar-refractivity contribution in [3.05, 3.63) is 54.0 Å². The van der Waals surface area contributed by atoms with Gasteiger partial charge < -0.3 is 19.8 Å². The second kappa shape index (κ2) is 8.56. The highest BCUT2D eigenvalue weighted by molar-refractivity contribution is 5.96. The summed E-state index contributed by atoms with van der Waals surface area (Å²) in [6, 6.07) is 10.3. The Bertz CT molecular complexity index is 733. The van der Waals surface area contributed by atoms with Gasteiger partial charge in [0.25, 0.3) is 0 Å². The lowest BCUT2D eigenvalue weighted by Crippen LogP contribution is -2.47. The predicted octanol–water partition coefficient (Wildman–Crippen LogP) is 3.92. The second-order valence-electron chi connectivity index (χ2n) is 7.03. The molecule has 0 spiro atoms. The zero-order valence-electron chi connectivity index (χ0n) is 15.7. The molecular weight excluding hydrogens is 332 g/mol. The smallest absolute Gasteiger partial charge is 0.408 e. The molecule has 2 amide bonds. The largest absolute Gasteiger partial charge is 0.469 e. The molecule has 0 saturated heterocycles. The predicted molar refractivity (Wildman–Crippen MR) is 100 cm³/mol. The summed E-state index contributed by atoms with van der Waals surface area (Å²) in [6.07, 6.45) is 1.98. The Morgan fingerprint density at radius 2 is 1.96 bits per heavy atom. The van der Waals surface area contributed by atoms with Crippen molar-refractivity contribution in [2.45, 2.75) is 52.2 Å². The molecule has 2 rings (SSSR count). The monoisotopic (exact) mass is 358 g/mol. The Morgan fingerprint density at radius 1 is 1.19 bits per heavy atom. The topological polar surface area (TPSA) is 80.6 Å². The summed E-state index contributed by atoms with van der Waals surface area (Å²) in [6.45, 7) is 7.35. The van der Waals surface area contributed by atoms with Gasteiger partial charge in [-0.2, -0.15) is 0 Å². The van der Waals surface area contributed by atoms with Crippen molar-refractivity contribution < 1.29 is 18.7 Å². The van der Waals surface area contributed by atoms with Gasteiger partial charge >= 0.3 is 6.09 Å². The summed E-state index contributed by atoms with van der Waals surface area (Å²) in [5, 5.41) is 5.47. The minimum atomic E-state index is -0.818. The number of rotatable bonds is 6. The fourth-order valence-electron chi connectivity index (χ4n) is 2.39. The van der Waals surface area contributed by atoms with Crippen LogP contribution in [0, 0.1) is 0 Å². The van der Waals surface area contributed by atoms with Gasteiger partial charge in [0.2, 0.25) is 5.91 Å². The summed E-state index contributed by atoms with van der Waals surface area (Å²) in [5.74, 6) is 0.268. The van der Waals surface area contributed by atoms with E-state index in [0.717, 1.165) is 12.0 Å². The molecule has 0 aliphatic rings. The molecule has 0 bridgehead atoms. The number of aryl methyl sites for hydroxylation is 1. The number of carbonyl (C=O) groups is 2. The Hall–Kier alpha value is -2.76. The summed E-state index contributed by atoms with van der Waals surface area (Å²) < 4.78 is 10.6. The van der Waals surface area contributed by atoms with Gasteiger partial charge in [0.1, 0.15) is 17.4 Å². The van der Waals surface area contributed by atoms with Crippen molar-refractivity contribution in [2.24, 2.45) is 0 Å². The van der Waals surface area contributed by atoms with Gasteiger partial charge in [0, 0.05) is 12.1 Å². The minimum absolute atomic E-state index is 0.228. The molecule has 0 radical (unpaired) electrons. The van der Waals surface area contributed by atoms with Gasteiger partial charge in [-0.15, -0.1) is 0 Å². The lowest BCUT2D eigenvalue weighted by atomic mass is 10.1. The van der Waals surface area contributed by atoms with Crippen molar-refractivity contribution in [2.75, 3.05) is 5.32 Å². The average molecular weight is 358 g/mol. The molecule has 140 valence electrons. The molecule has 1 aromatic carbocycles. The van der Waals surface area contributed by atoms with Crippen molar-refractivity contribution in [3.8, 4) is 0 Å². The van der Waals surface area contributed by atoms with Gasteiger partial charge in [0.15, 0.2) is 0 Å². The zero-order valence-corrected chi connectivity index (χ0v) is 15.7. The molecule has 26 heavy (non-hydrogen) atoms. The van der Waals surface area contributed by atoms with E-state index >= 15 is 0 Å². The highest BCUT2D eigenvalue weighted by Gasteiger charge is 2.25. The lowest BCUT2D eigenvalue weighted by molar-refractivity contribution is -0.118. The van der Waals surface area contributed by atoms with Crippen molar-refractivity contribution >= 4 is 17.7 Å². The lowest BCUT2D eigenvalue weighted by Gasteiger charge is -2.23. The second-order valence-corrected chi connectivity index (χ2v) is 7.03. The third-order valence-electron chi connectivity index (χ3n) is 3.60. The molecular formula is C20H26N2O4. The first-order valence-corrected chi connectivity index (χ1v) is 8.68. The van der Waals surface area contributed by atoms with Crippen LogP contribution in [0.4, 0.5) is 10.5 Å². The van der Waals surface area contributed by atoms with E-state index in [1.165, 1.54) is 6.26 Å². The van der Waals surface area contributed by atoms with Crippen molar-refractivity contribution in [1.82, 2.24) is 5.32 Å². The van der Waals surface area contributed by atoms with Gasteiger partial charge in [-0.25, -0.2) is 4.79 Å². The van der Waals surface area contributed by atoms with Crippen LogP contribution in [0.3, 0.4) is 0 Å². The number of anilines is 1. The standard InChI is InChI=1S/C20H26N2O4/c1-5-14-8-6-9-15(12-14)21-18(23)17(13-16-10-7-11-25-16)22-19(24)26-20(2,3)4/h6-12,17H,5,13H2,1-4H3,(H,21,23)(H,22,24).